The van der Waals surface area contributed by atoms with Crippen molar-refractivity contribution in [2.75, 3.05) is 5.43 Å². The molecule has 0 aliphatic heterocycles. The normalized spacial score (nSPS) is 14.9. The van der Waals surface area contributed by atoms with Crippen LogP contribution in [-0.4, -0.2) is 15.0 Å². The molecular weight excluding hydrogens is 254 g/mol. The van der Waals surface area contributed by atoms with E-state index in [-0.39, 0.29) is 0 Å². The van der Waals surface area contributed by atoms with Crippen LogP contribution < -0.4 is 11.3 Å². The summed E-state index contributed by atoms with van der Waals surface area (Å²) in [4.78, 5) is 13.1. The van der Waals surface area contributed by atoms with Crippen LogP contribution >= 0.6 is 23.1 Å². The third kappa shape index (κ3) is 2.56. The van der Waals surface area contributed by atoms with Gasteiger partial charge in [-0.3, -0.25) is 0 Å². The average molecular weight is 265 g/mol. The van der Waals surface area contributed by atoms with E-state index < -0.39 is 0 Å². The number of nitrogens with zero attached hydrogens (tertiary/aromatic N) is 3. The van der Waals surface area contributed by atoms with E-state index >= 15 is 0 Å². The van der Waals surface area contributed by atoms with Crippen LogP contribution in [0.15, 0.2) is 27.0 Å². The molecule has 5 nitrogen and oxygen atoms in total. The number of hydrazine groups is 1. The molecule has 88 valence electrons. The molecule has 17 heavy (non-hydrogen) atoms. The highest BCUT2D eigenvalue weighted by atomic mass is 32.2. The zero-order chi connectivity index (χ0) is 11.7. The van der Waals surface area contributed by atoms with Gasteiger partial charge in [0.1, 0.15) is 16.7 Å². The summed E-state index contributed by atoms with van der Waals surface area (Å²) in [6, 6.07) is 1.85. The molecule has 0 atom stereocenters. The molecule has 0 saturated heterocycles. The van der Waals surface area contributed by atoms with Gasteiger partial charge < -0.3 is 5.43 Å². The van der Waals surface area contributed by atoms with E-state index in [1.54, 1.807) is 29.3 Å². The van der Waals surface area contributed by atoms with Gasteiger partial charge in [0, 0.05) is 23.6 Å². The summed E-state index contributed by atoms with van der Waals surface area (Å²) in [6.45, 7) is 0. The van der Waals surface area contributed by atoms with Crippen molar-refractivity contribution in [1.29, 1.82) is 0 Å². The zero-order valence-corrected chi connectivity index (χ0v) is 10.6. The fraction of sp³-hybridized carbons (Fsp3) is 0.300. The Kier molecular flexibility index (Phi) is 2.96. The van der Waals surface area contributed by atoms with Gasteiger partial charge in [-0.25, -0.2) is 20.8 Å². The van der Waals surface area contributed by atoms with Crippen molar-refractivity contribution in [3.8, 4) is 0 Å². The molecule has 0 bridgehead atoms. The van der Waals surface area contributed by atoms with Crippen LogP contribution in [0.4, 0.5) is 5.82 Å². The number of nitrogen functional groups attached to an aromatic ring is 1. The molecule has 1 fully saturated rings. The second-order valence-electron chi connectivity index (χ2n) is 3.77. The van der Waals surface area contributed by atoms with E-state index in [2.05, 4.69) is 20.4 Å². The van der Waals surface area contributed by atoms with Gasteiger partial charge >= 0.3 is 0 Å². The number of nitrogens with two attached hydrogens (primary N) is 1. The van der Waals surface area contributed by atoms with E-state index in [4.69, 9.17) is 5.84 Å². The lowest BCUT2D eigenvalue weighted by atomic mass is 10.4. The molecule has 0 amide bonds. The Hall–Kier alpha value is -1.18. The second-order valence-corrected chi connectivity index (χ2v) is 5.93. The molecule has 7 heteroatoms. The molecule has 0 spiro atoms. The van der Waals surface area contributed by atoms with Gasteiger partial charge in [0.25, 0.3) is 0 Å². The monoisotopic (exact) mass is 265 g/mol. The van der Waals surface area contributed by atoms with Crippen LogP contribution in [0.1, 0.15) is 24.6 Å². The first-order chi connectivity index (χ1) is 8.35. The molecule has 2 heterocycles. The molecule has 0 radical (unpaired) electrons. The summed E-state index contributed by atoms with van der Waals surface area (Å²) in [7, 11) is 0. The van der Waals surface area contributed by atoms with Crippen molar-refractivity contribution >= 4 is 28.9 Å². The largest absolute Gasteiger partial charge is 0.308 e. The van der Waals surface area contributed by atoms with Gasteiger partial charge in [-0.1, -0.05) is 0 Å². The summed E-state index contributed by atoms with van der Waals surface area (Å²) >= 11 is 3.14. The van der Waals surface area contributed by atoms with Crippen LogP contribution in [0.25, 0.3) is 0 Å². The predicted molar refractivity (Wildman–Crippen MR) is 68.1 cm³/mol. The topological polar surface area (TPSA) is 76.7 Å². The Labute approximate surface area is 107 Å². The third-order valence-electron chi connectivity index (χ3n) is 2.41. The van der Waals surface area contributed by atoms with Crippen LogP contribution in [-0.2, 0) is 0 Å². The van der Waals surface area contributed by atoms with Gasteiger partial charge in [0.05, 0.1) is 0 Å². The quantitative estimate of drug-likeness (QED) is 0.501. The summed E-state index contributed by atoms with van der Waals surface area (Å²) in [5, 5.41) is 2.85. The predicted octanol–water partition coefficient (Wildman–Crippen LogP) is 2.25. The molecule has 1 aliphatic carbocycles. The smallest absolute Gasteiger partial charge is 0.156 e. The molecular formula is C10H11N5S2. The molecule has 1 saturated carbocycles. The number of aromatic nitrogens is 3. The van der Waals surface area contributed by atoms with Crippen LogP contribution in [0, 0.1) is 0 Å². The Morgan fingerprint density at radius 3 is 2.94 bits per heavy atom. The number of anilines is 1. The summed E-state index contributed by atoms with van der Waals surface area (Å²) in [5.74, 6) is 7.49. The second kappa shape index (κ2) is 4.59. The van der Waals surface area contributed by atoms with E-state index in [1.165, 1.54) is 12.8 Å². The van der Waals surface area contributed by atoms with E-state index in [9.17, 15) is 0 Å². The van der Waals surface area contributed by atoms with Gasteiger partial charge in [-0.15, -0.1) is 11.3 Å². The minimum atomic E-state index is 0.513. The Morgan fingerprint density at radius 1 is 1.41 bits per heavy atom. The molecule has 3 rings (SSSR count). The Bertz CT molecular complexity index is 509. The van der Waals surface area contributed by atoms with Crippen LogP contribution in [0.5, 0.6) is 0 Å². The molecule has 2 aromatic rings. The van der Waals surface area contributed by atoms with Gasteiger partial charge in [0.15, 0.2) is 4.34 Å². The average Bonchev–Trinajstić information content (AvgIpc) is 3.09. The lowest BCUT2D eigenvalue weighted by Crippen LogP contribution is -2.10. The molecule has 0 aromatic carbocycles. The molecule has 1 aliphatic rings. The summed E-state index contributed by atoms with van der Waals surface area (Å²) in [5.41, 5.74) is 2.59. The first kappa shape index (κ1) is 10.9. The number of hydrogen-bond donors (Lipinski definition) is 2. The minimum absolute atomic E-state index is 0.513. The lowest BCUT2D eigenvalue weighted by Gasteiger charge is -2.05. The van der Waals surface area contributed by atoms with Gasteiger partial charge in [0.2, 0.25) is 0 Å². The zero-order valence-electron chi connectivity index (χ0n) is 8.96. The summed E-state index contributed by atoms with van der Waals surface area (Å²) in [6.07, 6.45) is 4.14. The maximum atomic E-state index is 5.42. The highest BCUT2D eigenvalue weighted by Gasteiger charge is 2.27. The van der Waals surface area contributed by atoms with Crippen molar-refractivity contribution < 1.29 is 0 Å². The highest BCUT2D eigenvalue weighted by molar-refractivity contribution is 8.01. The maximum absolute atomic E-state index is 5.42. The van der Waals surface area contributed by atoms with Gasteiger partial charge in [-0.2, -0.15) is 0 Å². The van der Waals surface area contributed by atoms with Crippen molar-refractivity contribution in [3.63, 3.8) is 0 Å². The molecule has 0 unspecified atom stereocenters. The summed E-state index contributed by atoms with van der Waals surface area (Å²) < 4.78 is 0.980. The highest BCUT2D eigenvalue weighted by Crippen LogP contribution is 2.39. The molecule has 2 aromatic heterocycles. The first-order valence-corrected chi connectivity index (χ1v) is 6.97. The number of hydrogen-bond acceptors (Lipinski definition) is 7. The minimum Gasteiger partial charge on any atom is -0.308 e. The van der Waals surface area contributed by atoms with Crippen molar-refractivity contribution in [3.05, 3.63) is 23.5 Å². The van der Waals surface area contributed by atoms with Crippen molar-refractivity contribution in [2.24, 2.45) is 5.84 Å². The van der Waals surface area contributed by atoms with Crippen LogP contribution in [0.3, 0.4) is 0 Å². The SMILES string of the molecule is NNc1cc(Sc2nccs2)nc(C2CC2)n1. The third-order valence-corrected chi connectivity index (χ3v) is 4.21. The van der Waals surface area contributed by atoms with Crippen molar-refractivity contribution in [2.45, 2.75) is 28.1 Å². The fourth-order valence-corrected chi connectivity index (χ4v) is 3.02. The maximum Gasteiger partial charge on any atom is 0.156 e. The van der Waals surface area contributed by atoms with Crippen LogP contribution in [0.2, 0.25) is 0 Å². The van der Waals surface area contributed by atoms with E-state index in [0.717, 1.165) is 15.2 Å². The van der Waals surface area contributed by atoms with Gasteiger partial charge in [-0.05, 0) is 24.6 Å². The van der Waals surface area contributed by atoms with Crippen molar-refractivity contribution in [1.82, 2.24) is 15.0 Å². The van der Waals surface area contributed by atoms with E-state index in [0.29, 0.717) is 11.7 Å². The number of rotatable bonds is 4. The number of thiazole rings is 1. The standard InChI is InChI=1S/C10H11N5S2/c11-15-7-5-8(17-10-12-3-4-16-10)14-9(13-7)6-1-2-6/h3-6H,1-2,11H2,(H,13,14,15). The fourth-order valence-electron chi connectivity index (χ4n) is 1.44. The Morgan fingerprint density at radius 2 is 2.29 bits per heavy atom. The number of nitrogens with one attached hydrogen (secondary N) is 1. The van der Waals surface area contributed by atoms with E-state index in [1.807, 2.05) is 11.4 Å². The first-order valence-electron chi connectivity index (χ1n) is 5.28. The lowest BCUT2D eigenvalue weighted by molar-refractivity contribution is 0.877. The Balaban J connectivity index is 1.89. The molecule has 3 N–H and O–H groups in total.